The van der Waals surface area contributed by atoms with Crippen LogP contribution in [0, 0.1) is 0 Å². The molecule has 0 radical (unpaired) electrons. The summed E-state index contributed by atoms with van der Waals surface area (Å²) in [5.41, 5.74) is 7.08. The maximum atomic E-state index is 13.5. The molecule has 0 bridgehead atoms. The van der Waals surface area contributed by atoms with Crippen molar-refractivity contribution < 1.29 is 14.3 Å². The number of methoxy groups -OCH3 is 1. The van der Waals surface area contributed by atoms with E-state index in [0.717, 1.165) is 51.8 Å². The summed E-state index contributed by atoms with van der Waals surface area (Å²) in [6, 6.07) is 43.8. The summed E-state index contributed by atoms with van der Waals surface area (Å²) in [5, 5.41) is 3.98. The lowest BCUT2D eigenvalue weighted by Crippen LogP contribution is -2.44. The predicted octanol–water partition coefficient (Wildman–Crippen LogP) is 8.11. The molecule has 0 unspecified atom stereocenters. The number of carbonyl (C=O) groups is 1. The van der Waals surface area contributed by atoms with Crippen molar-refractivity contribution in [3.8, 4) is 16.9 Å². The third-order valence-corrected chi connectivity index (χ3v) is 9.25. The summed E-state index contributed by atoms with van der Waals surface area (Å²) in [6.07, 6.45) is 3.74. The first-order valence-electron chi connectivity index (χ1n) is 16.5. The summed E-state index contributed by atoms with van der Waals surface area (Å²) in [5.74, 6) is 0.277. The monoisotopic (exact) mass is 634 g/mol. The van der Waals surface area contributed by atoms with Crippen LogP contribution >= 0.6 is 0 Å². The second-order valence-corrected chi connectivity index (χ2v) is 12.2. The lowest BCUT2D eigenvalue weighted by atomic mass is 9.77. The van der Waals surface area contributed by atoms with Crippen molar-refractivity contribution in [2.45, 2.75) is 37.8 Å². The van der Waals surface area contributed by atoms with Gasteiger partial charge in [-0.25, -0.2) is 4.79 Å². The molecule has 6 nitrogen and oxygen atoms in total. The molecular weight excluding hydrogens is 596 g/mol. The van der Waals surface area contributed by atoms with Crippen molar-refractivity contribution in [3.63, 3.8) is 0 Å². The Balaban J connectivity index is 1.31. The van der Waals surface area contributed by atoms with Crippen LogP contribution in [0.2, 0.25) is 0 Å². The van der Waals surface area contributed by atoms with E-state index in [-0.39, 0.29) is 18.1 Å². The van der Waals surface area contributed by atoms with E-state index in [1.165, 1.54) is 0 Å². The van der Waals surface area contributed by atoms with Gasteiger partial charge in [0.1, 0.15) is 5.56 Å². The fourth-order valence-corrected chi connectivity index (χ4v) is 6.84. The van der Waals surface area contributed by atoms with Gasteiger partial charge in [0, 0.05) is 18.3 Å². The average molecular weight is 635 g/mol. The maximum Gasteiger partial charge on any atom is 0.343 e. The maximum absolute atomic E-state index is 13.5. The van der Waals surface area contributed by atoms with Crippen molar-refractivity contribution in [1.82, 2.24) is 9.72 Å². The highest BCUT2D eigenvalue weighted by atomic mass is 16.5. The summed E-state index contributed by atoms with van der Waals surface area (Å²) >= 11 is 0. The molecule has 0 spiro atoms. The molecule has 0 aliphatic heterocycles. The minimum Gasteiger partial charge on any atom is -0.494 e. The van der Waals surface area contributed by atoms with Crippen molar-refractivity contribution >= 4 is 11.5 Å². The molecule has 240 valence electrons. The third-order valence-electron chi connectivity index (χ3n) is 9.25. The van der Waals surface area contributed by atoms with Crippen LogP contribution < -0.4 is 15.6 Å². The number of pyridine rings is 2. The third kappa shape index (κ3) is 5.69. The zero-order valence-corrected chi connectivity index (χ0v) is 27.2. The summed E-state index contributed by atoms with van der Waals surface area (Å²) in [4.78, 5) is 26.3. The number of hydrogen-bond acceptors (Lipinski definition) is 5. The molecule has 1 aliphatic carbocycles. The van der Waals surface area contributed by atoms with Crippen molar-refractivity contribution in [2.75, 3.05) is 13.7 Å². The molecule has 1 fully saturated rings. The molecule has 7 rings (SSSR count). The van der Waals surface area contributed by atoms with E-state index in [9.17, 15) is 9.59 Å². The number of esters is 1. The SMILES string of the molecule is CCOC(=O)c1cc(C2CC2)c2c(OC)c(-c3cccc(CNC(c4ccccc4)(c4ccccc4)c4ccccc4)c3)ccn2c1=O. The fourth-order valence-electron chi connectivity index (χ4n) is 6.84. The number of carbonyl (C=O) groups excluding carboxylic acids is 1. The Morgan fingerprint density at radius 1 is 0.812 bits per heavy atom. The molecule has 1 aliphatic rings. The lowest BCUT2D eigenvalue weighted by Gasteiger charge is -2.37. The Bertz CT molecular complexity index is 2020. The van der Waals surface area contributed by atoms with Gasteiger partial charge in [-0.1, -0.05) is 109 Å². The minimum absolute atomic E-state index is 0.0536. The summed E-state index contributed by atoms with van der Waals surface area (Å²) in [7, 11) is 1.64. The van der Waals surface area contributed by atoms with Crippen LogP contribution in [0.4, 0.5) is 0 Å². The molecule has 2 aromatic heterocycles. The smallest absolute Gasteiger partial charge is 0.343 e. The predicted molar refractivity (Wildman–Crippen MR) is 190 cm³/mol. The molecule has 6 heteroatoms. The Hall–Kier alpha value is -5.46. The van der Waals surface area contributed by atoms with Crippen LogP contribution in [0.5, 0.6) is 5.75 Å². The van der Waals surface area contributed by atoms with Crippen molar-refractivity contribution in [3.05, 3.63) is 177 Å². The zero-order chi connectivity index (χ0) is 33.1. The summed E-state index contributed by atoms with van der Waals surface area (Å²) in [6.45, 7) is 2.52. The van der Waals surface area contributed by atoms with Crippen LogP contribution in [0.25, 0.3) is 16.6 Å². The van der Waals surface area contributed by atoms with E-state index in [2.05, 4.69) is 102 Å². The summed E-state index contributed by atoms with van der Waals surface area (Å²) < 4.78 is 12.8. The molecule has 0 atom stereocenters. The highest BCUT2D eigenvalue weighted by Gasteiger charge is 2.36. The second-order valence-electron chi connectivity index (χ2n) is 12.2. The standard InChI is InChI=1S/C42H38N2O4/c1-3-48-41(46)37-27-36(30-22-23-30)38-39(47-2)35(24-25-44(38)40(37)45)31-15-13-14-29(26-31)28-43-42(32-16-7-4-8-17-32,33-18-9-5-10-19-33)34-20-11-6-12-21-34/h4-21,24-27,30,43H,3,22-23,28H2,1-2H3. The minimum atomic E-state index is -0.600. The number of rotatable bonds is 11. The number of fused-ring (bicyclic) bond motifs is 1. The van der Waals surface area contributed by atoms with Gasteiger partial charge in [0.25, 0.3) is 5.56 Å². The first kappa shape index (κ1) is 31.2. The number of hydrogen-bond donors (Lipinski definition) is 1. The largest absolute Gasteiger partial charge is 0.494 e. The van der Waals surface area contributed by atoms with Gasteiger partial charge in [-0.05, 0) is 77.3 Å². The van der Waals surface area contributed by atoms with Gasteiger partial charge >= 0.3 is 5.97 Å². The van der Waals surface area contributed by atoms with Gasteiger partial charge in [-0.3, -0.25) is 14.5 Å². The number of aromatic nitrogens is 1. The molecule has 4 aromatic carbocycles. The molecule has 48 heavy (non-hydrogen) atoms. The van der Waals surface area contributed by atoms with Crippen LogP contribution in [0.3, 0.4) is 0 Å². The van der Waals surface area contributed by atoms with Gasteiger partial charge in [-0.2, -0.15) is 0 Å². The number of benzene rings is 4. The lowest BCUT2D eigenvalue weighted by molar-refractivity contribution is 0.0524. The molecule has 1 N–H and O–H groups in total. The van der Waals surface area contributed by atoms with Gasteiger partial charge < -0.3 is 9.47 Å². The van der Waals surface area contributed by atoms with Crippen LogP contribution in [0.15, 0.2) is 138 Å². The highest BCUT2D eigenvalue weighted by Crippen LogP contribution is 2.46. The second kappa shape index (κ2) is 13.3. The normalized spacial score (nSPS) is 13.0. The van der Waals surface area contributed by atoms with Crippen LogP contribution in [-0.4, -0.2) is 24.1 Å². The van der Waals surface area contributed by atoms with Gasteiger partial charge in [0.05, 0.1) is 24.8 Å². The van der Waals surface area contributed by atoms with Crippen LogP contribution in [-0.2, 0) is 16.8 Å². The number of ether oxygens (including phenoxy) is 2. The molecule has 2 heterocycles. The van der Waals surface area contributed by atoms with E-state index in [1.54, 1.807) is 30.7 Å². The van der Waals surface area contributed by atoms with Gasteiger partial charge in [0.2, 0.25) is 0 Å². The average Bonchev–Trinajstić information content (AvgIpc) is 3.99. The molecule has 6 aromatic rings. The first-order chi connectivity index (χ1) is 23.5. The Labute approximate surface area is 280 Å². The van der Waals surface area contributed by atoms with E-state index in [0.29, 0.717) is 17.8 Å². The van der Waals surface area contributed by atoms with Crippen molar-refractivity contribution in [2.24, 2.45) is 0 Å². The molecular formula is C42H38N2O4. The molecule has 0 saturated heterocycles. The Morgan fingerprint density at radius 3 is 1.96 bits per heavy atom. The fraction of sp³-hybridized carbons (Fsp3) is 0.190. The Morgan fingerprint density at radius 2 is 1.42 bits per heavy atom. The van der Waals surface area contributed by atoms with Crippen LogP contribution in [0.1, 0.15) is 63.9 Å². The quantitative estimate of drug-likeness (QED) is 0.115. The first-order valence-corrected chi connectivity index (χ1v) is 16.5. The van der Waals surface area contributed by atoms with E-state index >= 15 is 0 Å². The number of nitrogens with one attached hydrogen (secondary N) is 1. The van der Waals surface area contributed by atoms with E-state index in [1.807, 2.05) is 24.3 Å². The highest BCUT2D eigenvalue weighted by molar-refractivity contribution is 5.91. The van der Waals surface area contributed by atoms with E-state index in [4.69, 9.17) is 9.47 Å². The van der Waals surface area contributed by atoms with Crippen molar-refractivity contribution in [1.29, 1.82) is 0 Å². The van der Waals surface area contributed by atoms with E-state index < -0.39 is 17.1 Å². The molecule has 0 amide bonds. The molecule has 1 saturated carbocycles. The Kier molecular flexibility index (Phi) is 8.66. The zero-order valence-electron chi connectivity index (χ0n) is 27.2. The number of nitrogens with zero attached hydrogens (tertiary/aromatic N) is 1. The van der Waals surface area contributed by atoms with Gasteiger partial charge in [-0.15, -0.1) is 0 Å². The van der Waals surface area contributed by atoms with Gasteiger partial charge in [0.15, 0.2) is 5.75 Å². The topological polar surface area (TPSA) is 69.0 Å².